The van der Waals surface area contributed by atoms with Crippen molar-refractivity contribution in [2.75, 3.05) is 19.6 Å². The molecule has 1 aromatic carbocycles. The van der Waals surface area contributed by atoms with Crippen LogP contribution in [0.2, 0.25) is 0 Å². The van der Waals surface area contributed by atoms with E-state index in [1.807, 2.05) is 0 Å². The number of fused-ring (bicyclic) bond motifs is 1. The highest BCUT2D eigenvalue weighted by atomic mass is 32.1. The average molecular weight is 308 g/mol. The van der Waals surface area contributed by atoms with E-state index in [9.17, 15) is 0 Å². The molecule has 0 atom stereocenters. The van der Waals surface area contributed by atoms with Gasteiger partial charge in [0.1, 0.15) is 12.5 Å². The Kier molecular flexibility index (Phi) is 3.87. The van der Waals surface area contributed by atoms with Gasteiger partial charge in [0.2, 0.25) is 0 Å². The fourth-order valence-corrected chi connectivity index (χ4v) is 3.97. The number of hydrogen-bond acceptors (Lipinski definition) is 4. The Morgan fingerprint density at radius 1 is 1.14 bits per heavy atom. The number of benzene rings is 1. The summed E-state index contributed by atoms with van der Waals surface area (Å²) in [5, 5.41) is 0. The smallest absolute Gasteiger partial charge is 0.116 e. The molecule has 0 bridgehead atoms. The zero-order valence-electron chi connectivity index (χ0n) is 12.5. The predicted octanol–water partition coefficient (Wildman–Crippen LogP) is 3.80. The Labute approximate surface area is 134 Å². The minimum Gasteiger partial charge on any atom is -0.303 e. The molecule has 2 aromatic heterocycles. The van der Waals surface area contributed by atoms with Gasteiger partial charge in [-0.15, -0.1) is 11.3 Å². The minimum absolute atomic E-state index is 0.980. The molecular weight excluding hydrogens is 290 g/mol. The van der Waals surface area contributed by atoms with Crippen LogP contribution in [0.3, 0.4) is 0 Å². The number of aromatic nitrogens is 2. The van der Waals surface area contributed by atoms with Gasteiger partial charge in [0.25, 0.3) is 0 Å². The molecule has 1 aliphatic heterocycles. The molecule has 0 N–H and O–H groups in total. The Balaban J connectivity index is 1.48. The van der Waals surface area contributed by atoms with Crippen molar-refractivity contribution in [1.82, 2.24) is 14.9 Å². The molecule has 0 aliphatic carbocycles. The molecule has 111 valence electrons. The van der Waals surface area contributed by atoms with Gasteiger partial charge in [-0.25, -0.2) is 9.97 Å². The van der Waals surface area contributed by atoms with Crippen molar-refractivity contribution in [1.29, 1.82) is 0 Å². The van der Waals surface area contributed by atoms with E-state index in [-0.39, 0.29) is 0 Å². The van der Waals surface area contributed by atoms with E-state index in [1.54, 1.807) is 17.7 Å². The van der Waals surface area contributed by atoms with Crippen molar-refractivity contribution in [3.8, 4) is 10.4 Å². The highest BCUT2D eigenvalue weighted by molar-refractivity contribution is 7.22. The van der Waals surface area contributed by atoms with Gasteiger partial charge in [0, 0.05) is 11.4 Å². The molecule has 4 rings (SSSR count). The number of thiophene rings is 1. The lowest BCUT2D eigenvalue weighted by Gasteiger charge is -2.14. The Hall–Kier alpha value is -1.78. The lowest BCUT2D eigenvalue weighted by Crippen LogP contribution is -2.21. The molecule has 3 nitrogen and oxygen atoms in total. The quantitative estimate of drug-likeness (QED) is 0.734. The molecule has 1 radical (unpaired) electrons. The highest BCUT2D eigenvalue weighted by Crippen LogP contribution is 2.31. The number of nitrogens with zero attached hydrogens (tertiary/aromatic N) is 3. The first-order valence-electron chi connectivity index (χ1n) is 7.82. The van der Waals surface area contributed by atoms with E-state index in [0.717, 1.165) is 16.6 Å². The van der Waals surface area contributed by atoms with Crippen molar-refractivity contribution in [2.24, 2.45) is 0 Å². The molecular formula is C18H18N3S. The van der Waals surface area contributed by atoms with Gasteiger partial charge in [0.15, 0.2) is 0 Å². The zero-order valence-corrected chi connectivity index (χ0v) is 13.3. The van der Waals surface area contributed by atoms with E-state index < -0.39 is 0 Å². The Morgan fingerprint density at radius 2 is 1.95 bits per heavy atom. The highest BCUT2D eigenvalue weighted by Gasteiger charge is 2.11. The number of likely N-dealkylation sites (tertiary alicyclic amines) is 1. The largest absolute Gasteiger partial charge is 0.303 e. The summed E-state index contributed by atoms with van der Waals surface area (Å²) >= 11 is 1.70. The Morgan fingerprint density at radius 3 is 2.73 bits per heavy atom. The molecule has 1 fully saturated rings. The topological polar surface area (TPSA) is 29.0 Å². The van der Waals surface area contributed by atoms with Gasteiger partial charge in [-0.1, -0.05) is 24.3 Å². The third-order valence-corrected chi connectivity index (χ3v) is 5.36. The van der Waals surface area contributed by atoms with Crippen LogP contribution in [-0.4, -0.2) is 34.5 Å². The maximum atomic E-state index is 4.28. The van der Waals surface area contributed by atoms with E-state index in [0.29, 0.717) is 0 Å². The third kappa shape index (κ3) is 2.89. The summed E-state index contributed by atoms with van der Waals surface area (Å²) < 4.78 is 1.02. The second-order valence-corrected chi connectivity index (χ2v) is 6.86. The molecule has 1 saturated heterocycles. The molecule has 3 aromatic rings. The van der Waals surface area contributed by atoms with Gasteiger partial charge in [0.05, 0.1) is 10.2 Å². The predicted molar refractivity (Wildman–Crippen MR) is 91.1 cm³/mol. The molecule has 0 saturated carbocycles. The first kappa shape index (κ1) is 13.9. The average Bonchev–Trinajstić information content (AvgIpc) is 3.22. The summed E-state index contributed by atoms with van der Waals surface area (Å²) in [4.78, 5) is 12.0. The standard InChI is InChI=1S/C18H18N3S/c1-2-9-21(8-1)10-7-14-3-5-15(6-4-14)17-11-16-18(22-17)12-19-13-20-16/h3-6,11,13H,1-2,7-10H2. The second-order valence-electron chi connectivity index (χ2n) is 5.81. The first-order chi connectivity index (χ1) is 10.9. The summed E-state index contributed by atoms with van der Waals surface area (Å²) in [6, 6.07) is 11.1. The van der Waals surface area contributed by atoms with E-state index in [4.69, 9.17) is 0 Å². The molecule has 0 unspecified atom stereocenters. The molecule has 4 heteroatoms. The monoisotopic (exact) mass is 308 g/mol. The lowest BCUT2D eigenvalue weighted by molar-refractivity contribution is 0.343. The van der Waals surface area contributed by atoms with Crippen LogP contribution in [0.1, 0.15) is 18.4 Å². The van der Waals surface area contributed by atoms with Crippen LogP contribution in [0.15, 0.2) is 36.7 Å². The number of hydrogen-bond donors (Lipinski definition) is 0. The summed E-state index contributed by atoms with van der Waals surface area (Å²) in [7, 11) is 0. The SMILES string of the molecule is [c]1ncnc2cc(-c3ccc(CCN4CCCC4)cc3)sc12. The van der Waals surface area contributed by atoms with Gasteiger partial charge in [-0.05, 0) is 49.5 Å². The Bertz CT molecular complexity index is 724. The van der Waals surface area contributed by atoms with Crippen LogP contribution < -0.4 is 0 Å². The van der Waals surface area contributed by atoms with Crippen LogP contribution in [0.4, 0.5) is 0 Å². The minimum atomic E-state index is 0.980. The molecule has 0 spiro atoms. The van der Waals surface area contributed by atoms with Crippen molar-refractivity contribution in [3.63, 3.8) is 0 Å². The number of rotatable bonds is 4. The molecule has 3 heterocycles. The van der Waals surface area contributed by atoms with E-state index >= 15 is 0 Å². The zero-order chi connectivity index (χ0) is 14.8. The van der Waals surface area contributed by atoms with Crippen LogP contribution in [0, 0.1) is 6.20 Å². The van der Waals surface area contributed by atoms with Gasteiger partial charge < -0.3 is 4.90 Å². The molecule has 0 amide bonds. The third-order valence-electron chi connectivity index (χ3n) is 4.29. The summed E-state index contributed by atoms with van der Waals surface area (Å²) in [6.07, 6.45) is 8.44. The van der Waals surface area contributed by atoms with Crippen molar-refractivity contribution < 1.29 is 0 Å². The first-order valence-corrected chi connectivity index (χ1v) is 8.64. The van der Waals surface area contributed by atoms with E-state index in [1.165, 1.54) is 48.5 Å². The van der Waals surface area contributed by atoms with Crippen LogP contribution >= 0.6 is 11.3 Å². The maximum Gasteiger partial charge on any atom is 0.116 e. The van der Waals surface area contributed by atoms with Crippen LogP contribution in [-0.2, 0) is 6.42 Å². The fraction of sp³-hybridized carbons (Fsp3) is 0.333. The summed E-state index contributed by atoms with van der Waals surface area (Å²) in [6.45, 7) is 3.74. The van der Waals surface area contributed by atoms with Crippen molar-refractivity contribution >= 4 is 21.6 Å². The maximum absolute atomic E-state index is 4.28. The van der Waals surface area contributed by atoms with Gasteiger partial charge in [-0.3, -0.25) is 0 Å². The molecule has 22 heavy (non-hydrogen) atoms. The fourth-order valence-electron chi connectivity index (χ4n) is 3.01. The van der Waals surface area contributed by atoms with Crippen LogP contribution in [0.5, 0.6) is 0 Å². The second kappa shape index (κ2) is 6.15. The van der Waals surface area contributed by atoms with Crippen molar-refractivity contribution in [2.45, 2.75) is 19.3 Å². The summed E-state index contributed by atoms with van der Waals surface area (Å²) in [5.41, 5.74) is 3.65. The normalized spacial score (nSPS) is 15.6. The van der Waals surface area contributed by atoms with Gasteiger partial charge >= 0.3 is 0 Å². The van der Waals surface area contributed by atoms with E-state index in [2.05, 4.69) is 51.4 Å². The van der Waals surface area contributed by atoms with Crippen molar-refractivity contribution in [3.05, 3.63) is 48.4 Å². The summed E-state index contributed by atoms with van der Waals surface area (Å²) in [5.74, 6) is 0. The van der Waals surface area contributed by atoms with Crippen LogP contribution in [0.25, 0.3) is 20.7 Å². The molecule has 1 aliphatic rings. The van der Waals surface area contributed by atoms with Gasteiger partial charge in [-0.2, -0.15) is 0 Å². The lowest BCUT2D eigenvalue weighted by atomic mass is 10.1.